The second-order valence-electron chi connectivity index (χ2n) is 7.74. The number of amides is 2. The number of carbonyl (C=O) groups excluding carboxylic acids is 1. The molecule has 3 rings (SSSR count). The molecule has 2 amide bonds. The topological polar surface area (TPSA) is 44.4 Å². The van der Waals surface area contributed by atoms with Crippen molar-refractivity contribution >= 4 is 27.6 Å². The Bertz CT molecular complexity index is 783. The third kappa shape index (κ3) is 6.08. The Morgan fingerprint density at radius 2 is 1.86 bits per heavy atom. The van der Waals surface area contributed by atoms with Gasteiger partial charge < -0.3 is 15.5 Å². The summed E-state index contributed by atoms with van der Waals surface area (Å²) in [5.74, 6) is 0.782. The highest BCUT2D eigenvalue weighted by Crippen LogP contribution is 2.26. The van der Waals surface area contributed by atoms with E-state index >= 15 is 0 Å². The number of anilines is 1. The maximum Gasteiger partial charge on any atom is 0.318 e. The zero-order valence-electron chi connectivity index (χ0n) is 16.8. The summed E-state index contributed by atoms with van der Waals surface area (Å²) >= 11 is 3.70. The minimum atomic E-state index is -0.187. The molecule has 1 heterocycles. The van der Waals surface area contributed by atoms with Gasteiger partial charge in [-0.1, -0.05) is 45.8 Å². The van der Waals surface area contributed by atoms with Gasteiger partial charge in [-0.3, -0.25) is 0 Å². The average Bonchev–Trinajstić information content (AvgIpc) is 2.71. The number of urea groups is 1. The fourth-order valence-electron chi connectivity index (χ4n) is 3.82. The average molecular weight is 444 g/mol. The van der Waals surface area contributed by atoms with Crippen molar-refractivity contribution in [3.63, 3.8) is 0 Å². The molecule has 150 valence electrons. The second kappa shape index (κ2) is 10.1. The molecule has 0 aromatic heterocycles. The number of benzene rings is 2. The summed E-state index contributed by atoms with van der Waals surface area (Å²) in [5.41, 5.74) is 4.93. The molecule has 4 nitrogen and oxygen atoms in total. The number of hydrogen-bond donors (Lipinski definition) is 2. The van der Waals surface area contributed by atoms with Crippen LogP contribution in [0.2, 0.25) is 0 Å². The first-order chi connectivity index (χ1) is 13.5. The molecule has 0 unspecified atom stereocenters. The summed E-state index contributed by atoms with van der Waals surface area (Å²) in [5, 5.41) is 5.35. The normalized spacial score (nSPS) is 15.4. The van der Waals surface area contributed by atoms with Gasteiger partial charge in [0.1, 0.15) is 0 Å². The lowest BCUT2D eigenvalue weighted by atomic mass is 9.89. The van der Waals surface area contributed by atoms with E-state index in [-0.39, 0.29) is 6.03 Å². The molecule has 2 N–H and O–H groups in total. The van der Waals surface area contributed by atoms with Gasteiger partial charge in [0.25, 0.3) is 0 Å². The monoisotopic (exact) mass is 443 g/mol. The smallest absolute Gasteiger partial charge is 0.318 e. The number of nitrogens with zero attached hydrogens (tertiary/aromatic N) is 1. The van der Waals surface area contributed by atoms with Crippen molar-refractivity contribution in [3.8, 4) is 0 Å². The fraction of sp³-hybridized carbons (Fsp3) is 0.435. The van der Waals surface area contributed by atoms with Gasteiger partial charge in [0.05, 0.1) is 0 Å². The van der Waals surface area contributed by atoms with Crippen LogP contribution in [0.15, 0.2) is 46.9 Å². The van der Waals surface area contributed by atoms with Crippen LogP contribution in [0.3, 0.4) is 0 Å². The number of carbonyl (C=O) groups is 1. The van der Waals surface area contributed by atoms with E-state index in [1.54, 1.807) is 7.05 Å². The third-order valence-electron chi connectivity index (χ3n) is 5.57. The highest BCUT2D eigenvalue weighted by Gasteiger charge is 2.20. The van der Waals surface area contributed by atoms with Gasteiger partial charge in [0.2, 0.25) is 0 Å². The standard InChI is InChI=1S/C23H30BrN3O/c1-17-3-8-22(24)20(15-17)16-19-10-13-27(14-11-19)12-9-18-4-6-21(7-5-18)26-23(28)25-2/h3-8,15,19H,9-14,16H2,1-2H3,(H2,25,26,28). The van der Waals surface area contributed by atoms with Crippen LogP contribution in [0, 0.1) is 12.8 Å². The summed E-state index contributed by atoms with van der Waals surface area (Å²) in [6, 6.07) is 14.6. The first-order valence-electron chi connectivity index (χ1n) is 10.1. The summed E-state index contributed by atoms with van der Waals surface area (Å²) in [6.07, 6.45) is 4.77. The van der Waals surface area contributed by atoms with Crippen molar-refractivity contribution in [2.24, 2.45) is 5.92 Å². The largest absolute Gasteiger partial charge is 0.341 e. The van der Waals surface area contributed by atoms with Gasteiger partial charge in [-0.25, -0.2) is 4.79 Å². The molecule has 0 spiro atoms. The molecular weight excluding hydrogens is 414 g/mol. The second-order valence-corrected chi connectivity index (χ2v) is 8.59. The van der Waals surface area contributed by atoms with E-state index in [0.717, 1.165) is 24.6 Å². The van der Waals surface area contributed by atoms with E-state index in [0.29, 0.717) is 0 Å². The van der Waals surface area contributed by atoms with Gasteiger partial charge in [0.15, 0.2) is 0 Å². The molecule has 1 aliphatic heterocycles. The predicted octanol–water partition coefficient (Wildman–Crippen LogP) is 5.01. The molecule has 0 atom stereocenters. The lowest BCUT2D eigenvalue weighted by molar-refractivity contribution is 0.186. The molecule has 0 aliphatic carbocycles. The van der Waals surface area contributed by atoms with Crippen molar-refractivity contribution in [1.29, 1.82) is 0 Å². The maximum atomic E-state index is 11.3. The number of hydrogen-bond acceptors (Lipinski definition) is 2. The molecule has 2 aromatic rings. The molecule has 1 saturated heterocycles. The van der Waals surface area contributed by atoms with Crippen LogP contribution in [-0.4, -0.2) is 37.6 Å². The Labute approximate surface area is 176 Å². The van der Waals surface area contributed by atoms with Crippen molar-refractivity contribution in [2.45, 2.75) is 32.6 Å². The number of halogens is 1. The van der Waals surface area contributed by atoms with Gasteiger partial charge in [-0.15, -0.1) is 0 Å². The number of rotatable bonds is 6. The predicted molar refractivity (Wildman–Crippen MR) is 120 cm³/mol. The van der Waals surface area contributed by atoms with Crippen LogP contribution in [0.5, 0.6) is 0 Å². The quantitative estimate of drug-likeness (QED) is 0.658. The molecule has 2 aromatic carbocycles. The van der Waals surface area contributed by atoms with Crippen LogP contribution in [0.25, 0.3) is 0 Å². The van der Waals surface area contributed by atoms with E-state index in [1.807, 2.05) is 12.1 Å². The Hall–Kier alpha value is -1.85. The molecule has 0 bridgehead atoms. The van der Waals surface area contributed by atoms with Gasteiger partial charge in [-0.2, -0.15) is 0 Å². The summed E-state index contributed by atoms with van der Waals surface area (Å²) in [4.78, 5) is 13.9. The summed E-state index contributed by atoms with van der Waals surface area (Å²) in [6.45, 7) is 5.64. The molecule has 0 radical (unpaired) electrons. The number of aryl methyl sites for hydroxylation is 1. The van der Waals surface area contributed by atoms with Gasteiger partial charge in [-0.05, 0) is 80.9 Å². The molecule has 0 saturated carbocycles. The van der Waals surface area contributed by atoms with E-state index in [2.05, 4.69) is 68.7 Å². The summed E-state index contributed by atoms with van der Waals surface area (Å²) < 4.78 is 1.25. The lowest BCUT2D eigenvalue weighted by Gasteiger charge is -2.32. The van der Waals surface area contributed by atoms with Crippen molar-refractivity contribution in [2.75, 3.05) is 32.0 Å². The van der Waals surface area contributed by atoms with Crippen molar-refractivity contribution < 1.29 is 4.79 Å². The Morgan fingerprint density at radius 3 is 2.54 bits per heavy atom. The minimum Gasteiger partial charge on any atom is -0.341 e. The van der Waals surface area contributed by atoms with Crippen LogP contribution >= 0.6 is 15.9 Å². The third-order valence-corrected chi connectivity index (χ3v) is 6.35. The molecule has 28 heavy (non-hydrogen) atoms. The molecule has 1 fully saturated rings. The Balaban J connectivity index is 1.42. The summed E-state index contributed by atoms with van der Waals surface area (Å²) in [7, 11) is 1.62. The maximum absolute atomic E-state index is 11.3. The molecule has 5 heteroatoms. The van der Waals surface area contributed by atoms with Crippen LogP contribution < -0.4 is 10.6 Å². The lowest BCUT2D eigenvalue weighted by Crippen LogP contribution is -2.35. The van der Waals surface area contributed by atoms with E-state index in [1.165, 1.54) is 53.5 Å². The number of piperidine rings is 1. The number of likely N-dealkylation sites (tertiary alicyclic amines) is 1. The van der Waals surface area contributed by atoms with Crippen LogP contribution in [-0.2, 0) is 12.8 Å². The first-order valence-corrected chi connectivity index (χ1v) is 10.9. The van der Waals surface area contributed by atoms with Crippen LogP contribution in [0.4, 0.5) is 10.5 Å². The molecular formula is C23H30BrN3O. The van der Waals surface area contributed by atoms with Crippen LogP contribution in [0.1, 0.15) is 29.5 Å². The van der Waals surface area contributed by atoms with E-state index < -0.39 is 0 Å². The zero-order chi connectivity index (χ0) is 19.9. The minimum absolute atomic E-state index is 0.187. The molecule has 1 aliphatic rings. The van der Waals surface area contributed by atoms with Gasteiger partial charge in [0, 0.05) is 23.8 Å². The zero-order valence-corrected chi connectivity index (χ0v) is 18.4. The van der Waals surface area contributed by atoms with Crippen molar-refractivity contribution in [1.82, 2.24) is 10.2 Å². The van der Waals surface area contributed by atoms with Gasteiger partial charge >= 0.3 is 6.03 Å². The fourth-order valence-corrected chi connectivity index (χ4v) is 4.23. The SMILES string of the molecule is CNC(=O)Nc1ccc(CCN2CCC(Cc3cc(C)ccc3Br)CC2)cc1. The first kappa shape index (κ1) is 20.9. The highest BCUT2D eigenvalue weighted by atomic mass is 79.9. The highest BCUT2D eigenvalue weighted by molar-refractivity contribution is 9.10. The van der Waals surface area contributed by atoms with E-state index in [9.17, 15) is 4.79 Å². The Kier molecular flexibility index (Phi) is 7.51. The van der Waals surface area contributed by atoms with Crippen molar-refractivity contribution in [3.05, 3.63) is 63.6 Å². The Morgan fingerprint density at radius 1 is 1.14 bits per heavy atom. The van der Waals surface area contributed by atoms with E-state index in [4.69, 9.17) is 0 Å². The number of nitrogens with one attached hydrogen (secondary N) is 2.